The molecule has 0 saturated carbocycles. The number of carbonyl (C=O) groups excluding carboxylic acids is 2. The van der Waals surface area contributed by atoms with E-state index in [0.717, 1.165) is 29.7 Å². The van der Waals surface area contributed by atoms with E-state index >= 15 is 0 Å². The third-order valence-electron chi connectivity index (χ3n) is 5.45. The minimum absolute atomic E-state index is 0.0131. The van der Waals surface area contributed by atoms with Crippen molar-refractivity contribution in [2.45, 2.75) is 65.5 Å². The first-order chi connectivity index (χ1) is 15.0. The molecule has 0 radical (unpaired) electrons. The van der Waals surface area contributed by atoms with Crippen LogP contribution < -0.4 is 10.1 Å². The van der Waals surface area contributed by atoms with Gasteiger partial charge in [-0.1, -0.05) is 62.2 Å². The zero-order valence-corrected chi connectivity index (χ0v) is 19.3. The summed E-state index contributed by atoms with van der Waals surface area (Å²) in [6.07, 6.45) is 3.53. The van der Waals surface area contributed by atoms with E-state index in [-0.39, 0.29) is 11.8 Å². The number of benzene rings is 2. The molecule has 0 saturated heterocycles. The van der Waals surface area contributed by atoms with Gasteiger partial charge in [0.1, 0.15) is 11.8 Å². The molecule has 168 valence electrons. The van der Waals surface area contributed by atoms with Crippen LogP contribution in [0, 0.1) is 6.92 Å². The second-order valence-corrected chi connectivity index (χ2v) is 7.93. The molecule has 0 fully saturated rings. The van der Waals surface area contributed by atoms with Crippen molar-refractivity contribution >= 4 is 11.8 Å². The van der Waals surface area contributed by atoms with Crippen molar-refractivity contribution in [1.29, 1.82) is 0 Å². The Morgan fingerprint density at radius 1 is 1.06 bits per heavy atom. The highest BCUT2D eigenvalue weighted by Crippen LogP contribution is 2.19. The number of unbranched alkanes of at least 4 members (excludes halogenated alkanes) is 1. The number of nitrogens with one attached hydrogen (secondary N) is 1. The van der Waals surface area contributed by atoms with Crippen LogP contribution in [-0.2, 0) is 22.6 Å². The lowest BCUT2D eigenvalue weighted by molar-refractivity contribution is -0.141. The number of rotatable bonds is 12. The number of amides is 2. The van der Waals surface area contributed by atoms with Crippen LogP contribution in [0.1, 0.15) is 56.2 Å². The quantitative estimate of drug-likeness (QED) is 0.504. The molecule has 5 heteroatoms. The molecule has 0 unspecified atom stereocenters. The van der Waals surface area contributed by atoms with E-state index < -0.39 is 6.04 Å². The van der Waals surface area contributed by atoms with Gasteiger partial charge >= 0.3 is 0 Å². The van der Waals surface area contributed by atoms with Crippen LogP contribution in [0.4, 0.5) is 0 Å². The van der Waals surface area contributed by atoms with E-state index in [9.17, 15) is 9.59 Å². The van der Waals surface area contributed by atoms with Crippen LogP contribution in [0.3, 0.4) is 0 Å². The topological polar surface area (TPSA) is 58.6 Å². The van der Waals surface area contributed by atoms with E-state index in [0.29, 0.717) is 32.4 Å². The molecule has 0 aliphatic carbocycles. The third kappa shape index (κ3) is 7.74. The highest BCUT2D eigenvalue weighted by molar-refractivity contribution is 5.87. The minimum Gasteiger partial charge on any atom is -0.497 e. The summed E-state index contributed by atoms with van der Waals surface area (Å²) >= 11 is 0. The van der Waals surface area contributed by atoms with Crippen LogP contribution >= 0.6 is 0 Å². The molecule has 0 aliphatic heterocycles. The monoisotopic (exact) mass is 424 g/mol. The van der Waals surface area contributed by atoms with Gasteiger partial charge < -0.3 is 15.0 Å². The van der Waals surface area contributed by atoms with Crippen molar-refractivity contribution in [3.8, 4) is 5.75 Å². The maximum absolute atomic E-state index is 13.3. The first-order valence-corrected chi connectivity index (χ1v) is 11.2. The van der Waals surface area contributed by atoms with E-state index in [1.165, 1.54) is 5.56 Å². The Bertz CT molecular complexity index is 833. The average molecular weight is 425 g/mol. The van der Waals surface area contributed by atoms with Gasteiger partial charge in [-0.3, -0.25) is 9.59 Å². The molecule has 0 aromatic heterocycles. The third-order valence-corrected chi connectivity index (χ3v) is 5.45. The van der Waals surface area contributed by atoms with Gasteiger partial charge in [-0.15, -0.1) is 0 Å². The lowest BCUT2D eigenvalue weighted by Crippen LogP contribution is -2.49. The summed E-state index contributed by atoms with van der Waals surface area (Å²) in [4.78, 5) is 27.9. The van der Waals surface area contributed by atoms with Crippen LogP contribution in [0.15, 0.2) is 48.5 Å². The van der Waals surface area contributed by atoms with E-state index in [2.05, 4.69) is 36.5 Å². The number of ether oxygens (including phenoxy) is 1. The van der Waals surface area contributed by atoms with Crippen LogP contribution in [-0.4, -0.2) is 36.4 Å². The molecule has 0 spiro atoms. The zero-order chi connectivity index (χ0) is 22.6. The Kier molecular flexibility index (Phi) is 10.1. The number of hydrogen-bond acceptors (Lipinski definition) is 3. The van der Waals surface area contributed by atoms with Gasteiger partial charge in [-0.05, 0) is 49.4 Å². The van der Waals surface area contributed by atoms with Crippen molar-refractivity contribution in [3.63, 3.8) is 0 Å². The molecule has 0 bridgehead atoms. The molecule has 2 aromatic rings. The first-order valence-electron chi connectivity index (χ1n) is 11.2. The van der Waals surface area contributed by atoms with Crippen LogP contribution in [0.5, 0.6) is 5.75 Å². The molecule has 2 amide bonds. The summed E-state index contributed by atoms with van der Waals surface area (Å²) in [5.74, 6) is 0.647. The molecule has 0 aliphatic rings. The van der Waals surface area contributed by atoms with Gasteiger partial charge in [-0.2, -0.15) is 0 Å². The molecule has 2 aromatic carbocycles. The standard InChI is InChI=1S/C26H36N2O3/c1-5-7-17-27-26(30)24(6-2)28(19-22-9-8-10-23(18-22)31-4)25(29)16-15-21-13-11-20(3)12-14-21/h8-14,18,24H,5-7,15-17,19H2,1-4H3,(H,27,30)/t24-/m0/s1. The van der Waals surface area contributed by atoms with Crippen LogP contribution in [0.25, 0.3) is 0 Å². The first kappa shape index (κ1) is 24.4. The predicted molar refractivity (Wildman–Crippen MR) is 125 cm³/mol. The number of hydrogen-bond donors (Lipinski definition) is 1. The van der Waals surface area contributed by atoms with Gasteiger partial charge in [0.15, 0.2) is 0 Å². The molecule has 1 atom stereocenters. The fourth-order valence-electron chi connectivity index (χ4n) is 3.54. The van der Waals surface area contributed by atoms with Gasteiger partial charge in [0.25, 0.3) is 0 Å². The van der Waals surface area contributed by atoms with Crippen molar-refractivity contribution in [3.05, 3.63) is 65.2 Å². The summed E-state index contributed by atoms with van der Waals surface area (Å²) in [5.41, 5.74) is 3.27. The zero-order valence-electron chi connectivity index (χ0n) is 19.3. The van der Waals surface area contributed by atoms with Crippen molar-refractivity contribution in [1.82, 2.24) is 10.2 Å². The van der Waals surface area contributed by atoms with E-state index in [1.54, 1.807) is 12.0 Å². The number of methoxy groups -OCH3 is 1. The Morgan fingerprint density at radius 3 is 2.45 bits per heavy atom. The lowest BCUT2D eigenvalue weighted by atomic mass is 10.0. The minimum atomic E-state index is -0.492. The summed E-state index contributed by atoms with van der Waals surface area (Å²) < 4.78 is 5.33. The van der Waals surface area contributed by atoms with Gasteiger partial charge in [0, 0.05) is 19.5 Å². The fourth-order valence-corrected chi connectivity index (χ4v) is 3.54. The normalized spacial score (nSPS) is 11.6. The summed E-state index contributed by atoms with van der Waals surface area (Å²) in [6, 6.07) is 15.4. The van der Waals surface area contributed by atoms with E-state index in [4.69, 9.17) is 4.74 Å². The number of carbonyl (C=O) groups is 2. The van der Waals surface area contributed by atoms with Crippen molar-refractivity contribution in [2.24, 2.45) is 0 Å². The molecule has 1 N–H and O–H groups in total. The summed E-state index contributed by atoms with van der Waals surface area (Å²) in [6.45, 7) is 7.11. The van der Waals surface area contributed by atoms with E-state index in [1.807, 2.05) is 38.1 Å². The molecular formula is C26H36N2O3. The molecule has 31 heavy (non-hydrogen) atoms. The second kappa shape index (κ2) is 12.8. The highest BCUT2D eigenvalue weighted by atomic mass is 16.5. The summed E-state index contributed by atoms with van der Waals surface area (Å²) in [7, 11) is 1.62. The second-order valence-electron chi connectivity index (χ2n) is 7.93. The SMILES string of the molecule is CCCCNC(=O)[C@H](CC)N(Cc1cccc(OC)c1)C(=O)CCc1ccc(C)cc1. The molecule has 0 heterocycles. The van der Waals surface area contributed by atoms with Gasteiger partial charge in [0.2, 0.25) is 11.8 Å². The predicted octanol–water partition coefficient (Wildman–Crippen LogP) is 4.66. The van der Waals surface area contributed by atoms with Gasteiger partial charge in [0.05, 0.1) is 7.11 Å². The molecule has 2 rings (SSSR count). The Labute approximate surface area is 186 Å². The maximum atomic E-state index is 13.3. The number of aryl methyl sites for hydroxylation is 2. The Hall–Kier alpha value is -2.82. The highest BCUT2D eigenvalue weighted by Gasteiger charge is 2.28. The Balaban J connectivity index is 2.18. The Morgan fingerprint density at radius 2 is 1.81 bits per heavy atom. The smallest absolute Gasteiger partial charge is 0.242 e. The summed E-state index contributed by atoms with van der Waals surface area (Å²) in [5, 5.41) is 3.00. The maximum Gasteiger partial charge on any atom is 0.242 e. The lowest BCUT2D eigenvalue weighted by Gasteiger charge is -2.31. The molecular weight excluding hydrogens is 388 g/mol. The fraction of sp³-hybridized carbons (Fsp3) is 0.462. The van der Waals surface area contributed by atoms with Crippen molar-refractivity contribution < 1.29 is 14.3 Å². The van der Waals surface area contributed by atoms with Crippen LogP contribution in [0.2, 0.25) is 0 Å². The van der Waals surface area contributed by atoms with Crippen molar-refractivity contribution in [2.75, 3.05) is 13.7 Å². The van der Waals surface area contributed by atoms with Gasteiger partial charge in [-0.25, -0.2) is 0 Å². The largest absolute Gasteiger partial charge is 0.497 e. The number of nitrogens with zero attached hydrogens (tertiary/aromatic N) is 1. The average Bonchev–Trinajstić information content (AvgIpc) is 2.78. The molecule has 5 nitrogen and oxygen atoms in total.